The zero-order chi connectivity index (χ0) is 23.5. The van der Waals surface area contributed by atoms with Crippen molar-refractivity contribution >= 4 is 27.5 Å². The largest absolute Gasteiger partial charge is 0.573 e. The highest BCUT2D eigenvalue weighted by molar-refractivity contribution is 7.89. The van der Waals surface area contributed by atoms with Crippen molar-refractivity contribution in [3.8, 4) is 5.75 Å². The van der Waals surface area contributed by atoms with E-state index in [1.165, 1.54) is 40.7 Å². The monoisotopic (exact) mass is 490 g/mol. The van der Waals surface area contributed by atoms with Crippen molar-refractivity contribution in [2.75, 3.05) is 0 Å². The van der Waals surface area contributed by atoms with E-state index in [4.69, 9.17) is 17.3 Å². The van der Waals surface area contributed by atoms with Crippen molar-refractivity contribution in [3.63, 3.8) is 0 Å². The summed E-state index contributed by atoms with van der Waals surface area (Å²) in [4.78, 5) is 12.1. The number of alkyl halides is 3. The molecule has 2 aromatic rings. The fourth-order valence-electron chi connectivity index (χ4n) is 3.89. The van der Waals surface area contributed by atoms with Crippen LogP contribution in [-0.4, -0.2) is 31.0 Å². The topological polar surface area (TPSA) is 89.7 Å². The Bertz CT molecular complexity index is 1040. The van der Waals surface area contributed by atoms with Gasteiger partial charge in [-0.15, -0.1) is 13.2 Å². The maximum atomic E-state index is 13.5. The first-order valence-electron chi connectivity index (χ1n) is 9.89. The maximum Gasteiger partial charge on any atom is 0.573 e. The molecule has 174 valence electrons. The number of hydrogen-bond donors (Lipinski definition) is 1. The molecule has 0 aliphatic heterocycles. The van der Waals surface area contributed by atoms with Gasteiger partial charge in [-0.1, -0.05) is 36.6 Å². The molecule has 0 aromatic heterocycles. The second-order valence-electron chi connectivity index (χ2n) is 7.56. The third-order valence-corrected chi connectivity index (χ3v) is 7.52. The lowest BCUT2D eigenvalue weighted by Gasteiger charge is -2.38. The van der Waals surface area contributed by atoms with Crippen LogP contribution in [0.2, 0.25) is 5.02 Å². The second-order valence-corrected chi connectivity index (χ2v) is 9.88. The average molecular weight is 491 g/mol. The molecular weight excluding hydrogens is 469 g/mol. The summed E-state index contributed by atoms with van der Waals surface area (Å²) in [6, 6.07) is 9.89. The molecule has 0 unspecified atom stereocenters. The summed E-state index contributed by atoms with van der Waals surface area (Å²) in [5, 5.41) is 0.364. The highest BCUT2D eigenvalue weighted by Crippen LogP contribution is 2.34. The minimum Gasteiger partial charge on any atom is -0.406 e. The lowest BCUT2D eigenvalue weighted by Crippen LogP contribution is -2.49. The minimum atomic E-state index is -4.83. The van der Waals surface area contributed by atoms with Crippen LogP contribution in [-0.2, 0) is 21.4 Å². The van der Waals surface area contributed by atoms with E-state index in [0.717, 1.165) is 25.0 Å². The SMILES string of the molecule is NC(=O)[C@@H]1CCCC[C@H]1N(Cc1ccc(OC(F)(F)F)cc1)S(=O)(=O)c1ccc(Cl)cc1. The molecule has 1 saturated carbocycles. The first-order chi connectivity index (χ1) is 15.0. The normalized spacial score (nSPS) is 19.7. The first-order valence-corrected chi connectivity index (χ1v) is 11.7. The van der Waals surface area contributed by atoms with Crippen LogP contribution in [0.15, 0.2) is 53.4 Å². The number of ether oxygens (including phenoxy) is 1. The molecule has 0 heterocycles. The predicted octanol–water partition coefficient (Wildman–Crippen LogP) is 4.47. The van der Waals surface area contributed by atoms with E-state index in [1.54, 1.807) is 0 Å². The summed E-state index contributed by atoms with van der Waals surface area (Å²) in [5.41, 5.74) is 6.00. The highest BCUT2D eigenvalue weighted by atomic mass is 35.5. The van der Waals surface area contributed by atoms with Gasteiger partial charge in [0.05, 0.1) is 10.8 Å². The Labute approximate surface area is 189 Å². The van der Waals surface area contributed by atoms with E-state index >= 15 is 0 Å². The third kappa shape index (κ3) is 5.93. The van der Waals surface area contributed by atoms with Crippen LogP contribution in [0.25, 0.3) is 0 Å². The second kappa shape index (κ2) is 9.68. The Hall–Kier alpha value is -2.30. The molecule has 1 fully saturated rings. The number of carbonyl (C=O) groups is 1. The Morgan fingerprint density at radius 2 is 1.66 bits per heavy atom. The van der Waals surface area contributed by atoms with E-state index < -0.39 is 40.0 Å². The summed E-state index contributed by atoms with van der Waals surface area (Å²) < 4.78 is 69.4. The molecule has 6 nitrogen and oxygen atoms in total. The molecule has 3 rings (SSSR count). The Kier molecular flexibility index (Phi) is 7.36. The molecule has 2 N–H and O–H groups in total. The molecule has 0 radical (unpaired) electrons. The lowest BCUT2D eigenvalue weighted by atomic mass is 9.84. The molecule has 1 aliphatic rings. The van der Waals surface area contributed by atoms with Crippen LogP contribution in [0.1, 0.15) is 31.2 Å². The molecule has 32 heavy (non-hydrogen) atoms. The summed E-state index contributed by atoms with van der Waals surface area (Å²) in [6.45, 7) is -0.147. The van der Waals surface area contributed by atoms with Crippen molar-refractivity contribution in [3.05, 3.63) is 59.1 Å². The predicted molar refractivity (Wildman–Crippen MR) is 112 cm³/mol. The number of sulfonamides is 1. The number of benzene rings is 2. The third-order valence-electron chi connectivity index (χ3n) is 5.38. The van der Waals surface area contributed by atoms with E-state index in [1.807, 2.05) is 0 Å². The van der Waals surface area contributed by atoms with Gasteiger partial charge >= 0.3 is 6.36 Å². The van der Waals surface area contributed by atoms with Crippen molar-refractivity contribution in [1.29, 1.82) is 0 Å². The lowest BCUT2D eigenvalue weighted by molar-refractivity contribution is -0.274. The summed E-state index contributed by atoms with van der Waals surface area (Å²) in [5.74, 6) is -1.67. The number of nitrogens with two attached hydrogens (primary N) is 1. The van der Waals surface area contributed by atoms with Crippen molar-refractivity contribution in [2.45, 2.75) is 49.5 Å². The van der Waals surface area contributed by atoms with Gasteiger partial charge in [0.25, 0.3) is 0 Å². The van der Waals surface area contributed by atoms with Crippen LogP contribution in [0.5, 0.6) is 5.75 Å². The minimum absolute atomic E-state index is 0.00674. The molecule has 1 aliphatic carbocycles. The average Bonchev–Trinajstić information content (AvgIpc) is 2.72. The van der Waals surface area contributed by atoms with E-state index in [-0.39, 0.29) is 11.4 Å². The number of halogens is 4. The molecular formula is C21H22ClF3N2O4S. The Morgan fingerprint density at radius 3 is 2.22 bits per heavy atom. The molecule has 0 bridgehead atoms. The van der Waals surface area contributed by atoms with Gasteiger partial charge in [-0.2, -0.15) is 4.31 Å². The number of rotatable bonds is 7. The van der Waals surface area contributed by atoms with Crippen LogP contribution in [0.3, 0.4) is 0 Å². The van der Waals surface area contributed by atoms with E-state index in [9.17, 15) is 26.4 Å². The van der Waals surface area contributed by atoms with Crippen LogP contribution >= 0.6 is 11.6 Å². The number of hydrogen-bond acceptors (Lipinski definition) is 4. The number of carbonyl (C=O) groups excluding carboxylic acids is 1. The standard InChI is InChI=1S/C21H22ClF3N2O4S/c22-15-7-11-17(12-8-15)32(29,30)27(19-4-2-1-3-18(19)20(26)28)13-14-5-9-16(10-6-14)31-21(23,24)25/h5-12,18-19H,1-4,13H2,(H2,26,28)/t18-,19-/m1/s1. The summed E-state index contributed by atoms with van der Waals surface area (Å²) in [6.07, 6.45) is -2.45. The van der Waals surface area contributed by atoms with Gasteiger partial charge in [0, 0.05) is 17.6 Å². The van der Waals surface area contributed by atoms with Gasteiger partial charge in [0.1, 0.15) is 5.75 Å². The number of nitrogens with zero attached hydrogens (tertiary/aromatic N) is 1. The molecule has 11 heteroatoms. The van der Waals surface area contributed by atoms with E-state index in [0.29, 0.717) is 23.4 Å². The van der Waals surface area contributed by atoms with Crippen molar-refractivity contribution in [1.82, 2.24) is 4.31 Å². The fraction of sp³-hybridized carbons (Fsp3) is 0.381. The molecule has 0 saturated heterocycles. The first kappa shape index (κ1) is 24.3. The van der Waals surface area contributed by atoms with Gasteiger partial charge in [-0.05, 0) is 54.8 Å². The zero-order valence-electron chi connectivity index (χ0n) is 16.9. The zero-order valence-corrected chi connectivity index (χ0v) is 18.5. The molecule has 1 amide bonds. The Morgan fingerprint density at radius 1 is 1.06 bits per heavy atom. The number of primary amides is 1. The van der Waals surface area contributed by atoms with Gasteiger partial charge < -0.3 is 10.5 Å². The summed E-state index contributed by atoms with van der Waals surface area (Å²) >= 11 is 5.88. The maximum absolute atomic E-state index is 13.5. The molecule has 0 spiro atoms. The highest BCUT2D eigenvalue weighted by Gasteiger charge is 2.40. The molecule has 2 atom stereocenters. The van der Waals surface area contributed by atoms with Crippen molar-refractivity contribution in [2.24, 2.45) is 11.7 Å². The van der Waals surface area contributed by atoms with Crippen molar-refractivity contribution < 1.29 is 31.1 Å². The smallest absolute Gasteiger partial charge is 0.406 e. The van der Waals surface area contributed by atoms with Crippen LogP contribution in [0.4, 0.5) is 13.2 Å². The van der Waals surface area contributed by atoms with Crippen LogP contribution in [0, 0.1) is 5.92 Å². The number of amides is 1. The van der Waals surface area contributed by atoms with Gasteiger partial charge in [0.2, 0.25) is 15.9 Å². The van der Waals surface area contributed by atoms with Gasteiger partial charge in [-0.25, -0.2) is 8.42 Å². The van der Waals surface area contributed by atoms with Crippen LogP contribution < -0.4 is 10.5 Å². The van der Waals surface area contributed by atoms with Gasteiger partial charge in [0.15, 0.2) is 0 Å². The Balaban J connectivity index is 1.97. The fourth-order valence-corrected chi connectivity index (χ4v) is 5.69. The van der Waals surface area contributed by atoms with Gasteiger partial charge in [-0.3, -0.25) is 4.79 Å². The van der Waals surface area contributed by atoms with E-state index in [2.05, 4.69) is 4.74 Å². The quantitative estimate of drug-likeness (QED) is 0.620. The molecule has 2 aromatic carbocycles. The summed E-state index contributed by atoms with van der Waals surface area (Å²) in [7, 11) is -4.07.